The summed E-state index contributed by atoms with van der Waals surface area (Å²) in [7, 11) is 1.39. The van der Waals surface area contributed by atoms with E-state index < -0.39 is 47.3 Å². The number of carbonyl (C=O) groups excluding carboxylic acids is 1. The zero-order valence-electron chi connectivity index (χ0n) is 21.7. The lowest BCUT2D eigenvalue weighted by atomic mass is 9.86. The number of hydrogen-bond acceptors (Lipinski definition) is 7. The lowest BCUT2D eigenvalue weighted by molar-refractivity contribution is -0.253. The van der Waals surface area contributed by atoms with E-state index in [-0.39, 0.29) is 39.7 Å². The van der Waals surface area contributed by atoms with Crippen LogP contribution in [0, 0.1) is 11.2 Å². The first-order valence-electron chi connectivity index (χ1n) is 12.4. The summed E-state index contributed by atoms with van der Waals surface area (Å²) in [4.78, 5) is 31.8. The molecule has 5 rings (SSSR count). The number of hydrogen-bond donors (Lipinski definition) is 2. The summed E-state index contributed by atoms with van der Waals surface area (Å²) in [6, 6.07) is 0.596. The highest BCUT2D eigenvalue weighted by Gasteiger charge is 2.63. The van der Waals surface area contributed by atoms with Gasteiger partial charge >= 0.3 is 6.09 Å². The molecule has 37 heavy (non-hydrogen) atoms. The second kappa shape index (κ2) is 8.56. The lowest BCUT2D eigenvalue weighted by Gasteiger charge is -2.33. The van der Waals surface area contributed by atoms with E-state index in [9.17, 15) is 14.0 Å². The molecule has 1 aromatic heterocycles. The molecule has 3 aliphatic rings. The minimum absolute atomic E-state index is 0.0155. The number of alkyl halides is 1. The van der Waals surface area contributed by atoms with E-state index in [1.165, 1.54) is 13.3 Å². The van der Waals surface area contributed by atoms with Crippen molar-refractivity contribution in [3.63, 3.8) is 0 Å². The SMILES string of the molecule is COc1c(N2CC3(CC3)C(C)(NC(=O)OC(C)(C)C)C2)c(F)cc2c(=O)c(COO)cn([C@@H]3C[C@@H]3F)c12. The van der Waals surface area contributed by atoms with Crippen LogP contribution in [0.5, 0.6) is 5.75 Å². The van der Waals surface area contributed by atoms with Crippen LogP contribution >= 0.6 is 0 Å². The normalized spacial score (nSPS) is 26.0. The lowest BCUT2D eigenvalue weighted by Crippen LogP contribution is -2.54. The number of methoxy groups -OCH3 is 1. The molecule has 202 valence electrons. The Bertz CT molecular complexity index is 1320. The average Bonchev–Trinajstić information content (AvgIpc) is 3.69. The van der Waals surface area contributed by atoms with Crippen molar-refractivity contribution in [3.8, 4) is 5.75 Å². The Morgan fingerprint density at radius 2 is 1.97 bits per heavy atom. The number of rotatable bonds is 6. The van der Waals surface area contributed by atoms with Crippen molar-refractivity contribution >= 4 is 22.7 Å². The standard InChI is InChI=1S/C26H33F2N3O6/c1-24(2,3)37-23(33)29-25(4)12-30(13-26(25)6-7-26)20-17(28)8-15-19(22(20)35-5)31(18-9-16(18)27)10-14(11-36-34)21(15)32/h8,10,16,18,34H,6-7,9,11-13H2,1-5H3,(H,29,33)/t16-,18+,25?/m0/s1. The molecule has 11 heteroatoms. The Morgan fingerprint density at radius 3 is 2.51 bits per heavy atom. The Balaban J connectivity index is 1.60. The van der Waals surface area contributed by atoms with Crippen molar-refractivity contribution in [1.29, 1.82) is 0 Å². The Kier molecular flexibility index (Phi) is 5.95. The maximum atomic E-state index is 15.8. The molecule has 1 aromatic carbocycles. The summed E-state index contributed by atoms with van der Waals surface area (Å²) in [6.07, 6.45) is 1.75. The van der Waals surface area contributed by atoms with Crippen molar-refractivity contribution in [3.05, 3.63) is 33.9 Å². The number of alkyl carbamates (subject to hydrolysis) is 1. The highest BCUT2D eigenvalue weighted by Crippen LogP contribution is 2.60. The minimum atomic E-state index is -1.12. The number of nitrogens with one attached hydrogen (secondary N) is 1. The van der Waals surface area contributed by atoms with Gasteiger partial charge in [0, 0.05) is 36.7 Å². The largest absolute Gasteiger partial charge is 0.492 e. The van der Waals surface area contributed by atoms with Crippen LogP contribution in [0.4, 0.5) is 19.3 Å². The van der Waals surface area contributed by atoms with Gasteiger partial charge in [-0.1, -0.05) is 0 Å². The van der Waals surface area contributed by atoms with E-state index in [1.807, 2.05) is 11.8 Å². The number of pyridine rings is 1. The van der Waals surface area contributed by atoms with E-state index in [1.54, 1.807) is 25.3 Å². The molecule has 0 bridgehead atoms. The molecule has 1 amide bonds. The van der Waals surface area contributed by atoms with Crippen LogP contribution in [0.15, 0.2) is 17.1 Å². The summed E-state index contributed by atoms with van der Waals surface area (Å²) in [5.41, 5.74) is -1.62. The van der Waals surface area contributed by atoms with E-state index in [2.05, 4.69) is 10.2 Å². The van der Waals surface area contributed by atoms with Gasteiger partial charge in [0.05, 0.1) is 29.6 Å². The van der Waals surface area contributed by atoms with Gasteiger partial charge in [-0.2, -0.15) is 0 Å². The maximum Gasteiger partial charge on any atom is 0.408 e. The Morgan fingerprint density at radius 1 is 1.30 bits per heavy atom. The molecule has 3 fully saturated rings. The van der Waals surface area contributed by atoms with E-state index in [0.29, 0.717) is 13.1 Å². The molecule has 3 atom stereocenters. The fourth-order valence-electron chi connectivity index (χ4n) is 5.73. The molecule has 2 aromatic rings. The fourth-order valence-corrected chi connectivity index (χ4v) is 5.73. The first kappa shape index (κ1) is 25.7. The number of amides is 1. The molecule has 2 saturated carbocycles. The molecule has 1 aliphatic heterocycles. The molecule has 1 unspecified atom stereocenters. The number of fused-ring (bicyclic) bond motifs is 1. The number of nitrogens with zero attached hydrogens (tertiary/aromatic N) is 2. The predicted octanol–water partition coefficient (Wildman–Crippen LogP) is 4.31. The third kappa shape index (κ3) is 4.31. The van der Waals surface area contributed by atoms with Crippen LogP contribution in [0.1, 0.15) is 58.6 Å². The Labute approximate surface area is 213 Å². The summed E-state index contributed by atoms with van der Waals surface area (Å²) < 4.78 is 42.8. The van der Waals surface area contributed by atoms with Crippen LogP contribution in [-0.2, 0) is 16.2 Å². The molecule has 1 spiro atoms. The fraction of sp³-hybridized carbons (Fsp3) is 0.615. The van der Waals surface area contributed by atoms with Gasteiger partial charge < -0.3 is 24.3 Å². The minimum Gasteiger partial charge on any atom is -0.492 e. The van der Waals surface area contributed by atoms with Crippen molar-refractivity contribution in [1.82, 2.24) is 9.88 Å². The summed E-state index contributed by atoms with van der Waals surface area (Å²) in [6.45, 7) is 7.65. The molecule has 1 saturated heterocycles. The zero-order valence-corrected chi connectivity index (χ0v) is 21.7. The van der Waals surface area contributed by atoms with E-state index >= 15 is 4.39 Å². The predicted molar refractivity (Wildman–Crippen MR) is 132 cm³/mol. The number of ether oxygens (including phenoxy) is 2. The van der Waals surface area contributed by atoms with Crippen LogP contribution in [0.25, 0.3) is 10.9 Å². The molecule has 2 heterocycles. The van der Waals surface area contributed by atoms with Crippen molar-refractivity contribution in [2.75, 3.05) is 25.1 Å². The van der Waals surface area contributed by atoms with Gasteiger partial charge in [-0.3, -0.25) is 10.1 Å². The molecular weight excluding hydrogens is 488 g/mol. The number of anilines is 1. The van der Waals surface area contributed by atoms with E-state index in [4.69, 9.17) is 14.7 Å². The highest BCUT2D eigenvalue weighted by molar-refractivity contribution is 5.92. The summed E-state index contributed by atoms with van der Waals surface area (Å²) >= 11 is 0. The third-order valence-electron chi connectivity index (χ3n) is 7.85. The average molecular weight is 522 g/mol. The van der Waals surface area contributed by atoms with Crippen molar-refractivity contribution in [2.24, 2.45) is 5.41 Å². The molecule has 0 radical (unpaired) electrons. The number of benzene rings is 1. The van der Waals surface area contributed by atoms with Gasteiger partial charge in [0.1, 0.15) is 24.1 Å². The van der Waals surface area contributed by atoms with Gasteiger partial charge in [0.15, 0.2) is 17.0 Å². The summed E-state index contributed by atoms with van der Waals surface area (Å²) in [5.74, 6) is -0.542. The van der Waals surface area contributed by atoms with Crippen LogP contribution in [-0.4, -0.2) is 53.4 Å². The van der Waals surface area contributed by atoms with E-state index in [0.717, 1.165) is 18.9 Å². The summed E-state index contributed by atoms with van der Waals surface area (Å²) in [5, 5.41) is 12.0. The third-order valence-corrected chi connectivity index (χ3v) is 7.85. The molecule has 2 N–H and O–H groups in total. The van der Waals surface area contributed by atoms with Crippen LogP contribution in [0.3, 0.4) is 0 Å². The van der Waals surface area contributed by atoms with Gasteiger partial charge in [0.2, 0.25) is 0 Å². The number of aromatic nitrogens is 1. The molecular formula is C26H33F2N3O6. The van der Waals surface area contributed by atoms with Gasteiger partial charge in [-0.15, -0.1) is 0 Å². The van der Waals surface area contributed by atoms with Crippen molar-refractivity contribution < 1.29 is 33.2 Å². The van der Waals surface area contributed by atoms with Crippen LogP contribution in [0.2, 0.25) is 0 Å². The topological polar surface area (TPSA) is 102 Å². The van der Waals surface area contributed by atoms with Gasteiger partial charge in [-0.25, -0.2) is 18.5 Å². The zero-order chi connectivity index (χ0) is 26.9. The maximum absolute atomic E-state index is 15.8. The Hall–Kier alpha value is -2.92. The van der Waals surface area contributed by atoms with Gasteiger partial charge in [-0.05, 0) is 46.6 Å². The smallest absolute Gasteiger partial charge is 0.408 e. The second-order valence-corrected chi connectivity index (χ2v) is 11.7. The molecule has 2 aliphatic carbocycles. The number of carbonyl (C=O) groups is 1. The van der Waals surface area contributed by atoms with Gasteiger partial charge in [0.25, 0.3) is 0 Å². The highest BCUT2D eigenvalue weighted by atomic mass is 19.1. The molecule has 9 nitrogen and oxygen atoms in total. The van der Waals surface area contributed by atoms with Crippen molar-refractivity contribution in [2.45, 2.75) is 76.9 Å². The first-order chi connectivity index (χ1) is 17.3. The van der Waals surface area contributed by atoms with Crippen LogP contribution < -0.4 is 20.4 Å². The number of halogens is 2. The monoisotopic (exact) mass is 521 g/mol. The first-order valence-corrected chi connectivity index (χ1v) is 12.4. The quantitative estimate of drug-likeness (QED) is 0.432. The second-order valence-electron chi connectivity index (χ2n) is 11.7.